The van der Waals surface area contributed by atoms with Gasteiger partial charge in [0.1, 0.15) is 5.82 Å². The molecule has 35 heavy (non-hydrogen) atoms. The standard InChI is InChI=1S/C26H19N5O4/c1-15-28-21-10-6-5-9-20(21)25(32)29(15)24-26(33)30-22(16-7-3-2-4-8-16)13-17-11-19(31(34)35)12-18(14-27-24)23(17)30/h2-12,14,22,24H,13H2,1H3. The summed E-state index contributed by atoms with van der Waals surface area (Å²) in [6.45, 7) is 1.67. The molecule has 9 heteroatoms. The number of nitro benzene ring substituents is 1. The van der Waals surface area contributed by atoms with E-state index in [4.69, 9.17) is 0 Å². The molecule has 2 atom stereocenters. The fourth-order valence-corrected chi connectivity index (χ4v) is 5.08. The van der Waals surface area contributed by atoms with Crippen molar-refractivity contribution in [3.63, 3.8) is 0 Å². The maximum atomic E-state index is 14.1. The molecule has 2 aliphatic heterocycles. The molecule has 3 aromatic carbocycles. The summed E-state index contributed by atoms with van der Waals surface area (Å²) in [5, 5.41) is 12.0. The van der Waals surface area contributed by atoms with Gasteiger partial charge in [0.05, 0.1) is 27.6 Å². The maximum Gasteiger partial charge on any atom is 0.273 e. The molecule has 1 aromatic heterocycles. The second-order valence-corrected chi connectivity index (χ2v) is 8.64. The van der Waals surface area contributed by atoms with Crippen molar-refractivity contribution in [2.24, 2.45) is 4.99 Å². The highest BCUT2D eigenvalue weighted by Crippen LogP contribution is 2.46. The molecular formula is C26H19N5O4. The van der Waals surface area contributed by atoms with Crippen LogP contribution in [-0.2, 0) is 11.2 Å². The molecule has 2 unspecified atom stereocenters. The van der Waals surface area contributed by atoms with Gasteiger partial charge in [-0.2, -0.15) is 0 Å². The number of aromatic nitrogens is 2. The minimum atomic E-state index is -1.19. The summed E-state index contributed by atoms with van der Waals surface area (Å²) in [5.74, 6) is -0.0273. The van der Waals surface area contributed by atoms with Gasteiger partial charge in [0.25, 0.3) is 17.2 Å². The smallest absolute Gasteiger partial charge is 0.273 e. The first kappa shape index (κ1) is 20.9. The Bertz CT molecular complexity index is 1630. The van der Waals surface area contributed by atoms with Crippen LogP contribution in [0, 0.1) is 17.0 Å². The van der Waals surface area contributed by atoms with E-state index in [1.807, 2.05) is 30.3 Å². The minimum Gasteiger partial charge on any atom is -0.300 e. The number of aliphatic imine (C=N–C) groups is 1. The number of hydrogen-bond acceptors (Lipinski definition) is 6. The Morgan fingerprint density at radius 2 is 1.77 bits per heavy atom. The Kier molecular flexibility index (Phi) is 4.60. The van der Waals surface area contributed by atoms with Gasteiger partial charge >= 0.3 is 0 Å². The lowest BCUT2D eigenvalue weighted by atomic mass is 10.0. The Balaban J connectivity index is 1.58. The number of hydrogen-bond donors (Lipinski definition) is 0. The first-order valence-corrected chi connectivity index (χ1v) is 11.1. The van der Waals surface area contributed by atoms with Gasteiger partial charge in [0.2, 0.25) is 6.17 Å². The van der Waals surface area contributed by atoms with Crippen molar-refractivity contribution in [2.75, 3.05) is 4.90 Å². The van der Waals surface area contributed by atoms with E-state index in [9.17, 15) is 19.7 Å². The second-order valence-electron chi connectivity index (χ2n) is 8.64. The van der Waals surface area contributed by atoms with E-state index in [0.29, 0.717) is 40.0 Å². The van der Waals surface area contributed by atoms with Crippen molar-refractivity contribution in [2.45, 2.75) is 25.6 Å². The second kappa shape index (κ2) is 7.69. The van der Waals surface area contributed by atoms with Crippen LogP contribution in [0.3, 0.4) is 0 Å². The zero-order valence-corrected chi connectivity index (χ0v) is 18.7. The normalized spacial score (nSPS) is 18.5. The molecule has 0 saturated heterocycles. The SMILES string of the molecule is Cc1nc2ccccc2c(=O)n1C1N=Cc2cc([N+](=O)[O-])cc3c2N(C1=O)C(c1ccccc1)C3. The molecule has 1 amide bonds. The highest BCUT2D eigenvalue weighted by Gasteiger charge is 2.42. The largest absolute Gasteiger partial charge is 0.300 e. The average Bonchev–Trinajstić information content (AvgIpc) is 3.19. The number of non-ortho nitro benzene ring substituents is 1. The molecule has 172 valence electrons. The van der Waals surface area contributed by atoms with Gasteiger partial charge in [-0.05, 0) is 36.6 Å². The number of carbonyl (C=O) groups excluding carboxylic acids is 1. The lowest BCUT2D eigenvalue weighted by Crippen LogP contribution is -2.41. The minimum absolute atomic E-state index is 0.0644. The molecule has 0 N–H and O–H groups in total. The van der Waals surface area contributed by atoms with Gasteiger partial charge in [-0.1, -0.05) is 42.5 Å². The number of aryl methyl sites for hydroxylation is 1. The van der Waals surface area contributed by atoms with E-state index < -0.39 is 11.1 Å². The zero-order valence-electron chi connectivity index (χ0n) is 18.7. The van der Waals surface area contributed by atoms with Crippen LogP contribution < -0.4 is 10.5 Å². The highest BCUT2D eigenvalue weighted by molar-refractivity contribution is 6.07. The van der Waals surface area contributed by atoms with Crippen molar-refractivity contribution in [1.82, 2.24) is 9.55 Å². The summed E-state index contributed by atoms with van der Waals surface area (Å²) >= 11 is 0. The monoisotopic (exact) mass is 465 g/mol. The summed E-state index contributed by atoms with van der Waals surface area (Å²) in [4.78, 5) is 49.4. The first-order chi connectivity index (χ1) is 16.9. The molecular weight excluding hydrogens is 446 g/mol. The predicted octanol–water partition coefficient (Wildman–Crippen LogP) is 3.87. The molecule has 6 rings (SSSR count). The fraction of sp³-hybridized carbons (Fsp3) is 0.154. The van der Waals surface area contributed by atoms with Crippen LogP contribution in [0.1, 0.15) is 34.7 Å². The van der Waals surface area contributed by atoms with Crippen LogP contribution in [0.25, 0.3) is 10.9 Å². The molecule has 0 saturated carbocycles. The van der Waals surface area contributed by atoms with E-state index >= 15 is 0 Å². The van der Waals surface area contributed by atoms with E-state index in [2.05, 4.69) is 9.98 Å². The quantitative estimate of drug-likeness (QED) is 0.337. The summed E-state index contributed by atoms with van der Waals surface area (Å²) in [7, 11) is 0. The highest BCUT2D eigenvalue weighted by atomic mass is 16.6. The maximum absolute atomic E-state index is 14.1. The Labute approximate surface area is 199 Å². The van der Waals surface area contributed by atoms with Crippen LogP contribution in [0.2, 0.25) is 0 Å². The number of amides is 1. The van der Waals surface area contributed by atoms with Crippen molar-refractivity contribution in [3.8, 4) is 0 Å². The summed E-state index contributed by atoms with van der Waals surface area (Å²) in [5.41, 5.74) is 2.78. The molecule has 0 fully saturated rings. The number of nitro groups is 1. The molecule has 0 bridgehead atoms. The van der Waals surface area contributed by atoms with E-state index in [0.717, 1.165) is 5.56 Å². The Morgan fingerprint density at radius 3 is 2.54 bits per heavy atom. The van der Waals surface area contributed by atoms with Crippen molar-refractivity contribution in [1.29, 1.82) is 0 Å². The Morgan fingerprint density at radius 1 is 1.03 bits per heavy atom. The topological polar surface area (TPSA) is 111 Å². The van der Waals surface area contributed by atoms with Crippen LogP contribution in [0.15, 0.2) is 76.5 Å². The molecule has 4 aromatic rings. The molecule has 0 radical (unpaired) electrons. The van der Waals surface area contributed by atoms with Crippen LogP contribution >= 0.6 is 0 Å². The lowest BCUT2D eigenvalue weighted by molar-refractivity contribution is -0.384. The molecule has 3 heterocycles. The number of carbonyl (C=O) groups is 1. The summed E-state index contributed by atoms with van der Waals surface area (Å²) in [6.07, 6.45) is 0.691. The third-order valence-electron chi connectivity index (χ3n) is 6.61. The van der Waals surface area contributed by atoms with Crippen molar-refractivity contribution in [3.05, 3.63) is 110 Å². The van der Waals surface area contributed by atoms with E-state index in [1.165, 1.54) is 22.9 Å². The number of rotatable bonds is 3. The Hall–Kier alpha value is -4.66. The van der Waals surface area contributed by atoms with Gasteiger partial charge in [-0.15, -0.1) is 0 Å². The van der Waals surface area contributed by atoms with Gasteiger partial charge in [0, 0.05) is 23.9 Å². The van der Waals surface area contributed by atoms with Gasteiger partial charge in [-0.3, -0.25) is 29.3 Å². The van der Waals surface area contributed by atoms with Gasteiger partial charge < -0.3 is 4.90 Å². The van der Waals surface area contributed by atoms with Crippen LogP contribution in [0.5, 0.6) is 0 Å². The van der Waals surface area contributed by atoms with E-state index in [1.54, 1.807) is 36.1 Å². The van der Waals surface area contributed by atoms with E-state index in [-0.39, 0.29) is 23.2 Å². The number of nitrogens with zero attached hydrogens (tertiary/aromatic N) is 5. The number of fused-ring (bicyclic) bond motifs is 1. The van der Waals surface area contributed by atoms with Crippen molar-refractivity contribution < 1.29 is 9.72 Å². The average molecular weight is 465 g/mol. The number of benzene rings is 3. The summed E-state index contributed by atoms with van der Waals surface area (Å²) < 4.78 is 1.31. The molecule has 2 aliphatic rings. The number of anilines is 1. The van der Waals surface area contributed by atoms with Crippen molar-refractivity contribution >= 4 is 34.4 Å². The third kappa shape index (κ3) is 3.16. The van der Waals surface area contributed by atoms with Gasteiger partial charge in [-0.25, -0.2) is 4.98 Å². The number of para-hydroxylation sites is 1. The zero-order chi connectivity index (χ0) is 24.3. The van der Waals surface area contributed by atoms with Crippen LogP contribution in [-0.4, -0.2) is 26.6 Å². The molecule has 0 aliphatic carbocycles. The first-order valence-electron chi connectivity index (χ1n) is 11.1. The fourth-order valence-electron chi connectivity index (χ4n) is 5.08. The molecule has 9 nitrogen and oxygen atoms in total. The summed E-state index contributed by atoms with van der Waals surface area (Å²) in [6, 6.07) is 19.0. The third-order valence-corrected chi connectivity index (χ3v) is 6.61. The predicted molar refractivity (Wildman–Crippen MR) is 131 cm³/mol. The molecule has 0 spiro atoms. The van der Waals surface area contributed by atoms with Crippen LogP contribution in [0.4, 0.5) is 11.4 Å². The lowest BCUT2D eigenvalue weighted by Gasteiger charge is -2.28. The van der Waals surface area contributed by atoms with Gasteiger partial charge in [0.15, 0.2) is 0 Å².